The van der Waals surface area contributed by atoms with Crippen LogP contribution in [0.15, 0.2) is 0 Å². The molecule has 1 heterocycles. The standard InChI is InChI=1S/C28H40O5/c1-15-19(5)27(32-12-23(29)11-30-9)20(6)16(2)25(15)10-26-17(3)21(7)28(22(8)18(26)4)33-14-24-13-31-24/h23-24,29H,10-14H2,1-9H3. The Hall–Kier alpha value is -2.08. The summed E-state index contributed by atoms with van der Waals surface area (Å²) >= 11 is 0. The highest BCUT2D eigenvalue weighted by Crippen LogP contribution is 2.38. The van der Waals surface area contributed by atoms with E-state index in [0.717, 1.165) is 35.7 Å². The first-order valence-electron chi connectivity index (χ1n) is 11.8. The van der Waals surface area contributed by atoms with E-state index in [0.29, 0.717) is 6.61 Å². The minimum atomic E-state index is -0.641. The minimum Gasteiger partial charge on any atom is -0.490 e. The summed E-state index contributed by atoms with van der Waals surface area (Å²) in [6.07, 6.45) is 0.478. The molecule has 2 aromatic rings. The molecule has 0 bridgehead atoms. The van der Waals surface area contributed by atoms with Gasteiger partial charge >= 0.3 is 0 Å². The second kappa shape index (κ2) is 10.5. The molecule has 1 fully saturated rings. The maximum absolute atomic E-state index is 10.0. The number of aliphatic hydroxyl groups excluding tert-OH is 1. The molecule has 1 aliphatic heterocycles. The Labute approximate surface area is 199 Å². The Morgan fingerprint density at radius 2 is 1.15 bits per heavy atom. The van der Waals surface area contributed by atoms with Gasteiger partial charge in [-0.05, 0) is 117 Å². The molecule has 1 saturated heterocycles. The normalized spacial score (nSPS) is 16.1. The van der Waals surface area contributed by atoms with Crippen molar-refractivity contribution in [1.29, 1.82) is 0 Å². The zero-order chi connectivity index (χ0) is 24.4. The van der Waals surface area contributed by atoms with E-state index in [1.807, 2.05) is 0 Å². The van der Waals surface area contributed by atoms with E-state index in [9.17, 15) is 5.11 Å². The largest absolute Gasteiger partial charge is 0.490 e. The average Bonchev–Trinajstić information content (AvgIpc) is 3.60. The van der Waals surface area contributed by atoms with Gasteiger partial charge in [-0.15, -0.1) is 0 Å². The van der Waals surface area contributed by atoms with Crippen molar-refractivity contribution in [2.45, 2.75) is 74.0 Å². The third kappa shape index (κ3) is 5.37. The molecule has 0 aromatic heterocycles. The monoisotopic (exact) mass is 456 g/mol. The molecule has 1 aliphatic rings. The molecule has 182 valence electrons. The van der Waals surface area contributed by atoms with Crippen molar-refractivity contribution in [2.75, 3.05) is 33.5 Å². The highest BCUT2D eigenvalue weighted by molar-refractivity contribution is 5.59. The smallest absolute Gasteiger partial charge is 0.125 e. The van der Waals surface area contributed by atoms with Crippen LogP contribution in [0.4, 0.5) is 0 Å². The number of benzene rings is 2. The fraction of sp³-hybridized carbons (Fsp3) is 0.571. The van der Waals surface area contributed by atoms with E-state index in [-0.39, 0.29) is 19.3 Å². The SMILES string of the molecule is COCC(O)COc1c(C)c(C)c(Cc2c(C)c(C)c(OCC3CO3)c(C)c2C)c(C)c1C. The van der Waals surface area contributed by atoms with Gasteiger partial charge in [-0.25, -0.2) is 0 Å². The predicted molar refractivity (Wildman–Crippen MR) is 132 cm³/mol. The van der Waals surface area contributed by atoms with Crippen LogP contribution in [0.1, 0.15) is 55.6 Å². The summed E-state index contributed by atoms with van der Waals surface area (Å²) in [6.45, 7) is 19.2. The van der Waals surface area contributed by atoms with Gasteiger partial charge in [0.05, 0.1) is 13.2 Å². The molecule has 2 atom stereocenters. The Morgan fingerprint density at radius 3 is 1.55 bits per heavy atom. The van der Waals surface area contributed by atoms with Crippen LogP contribution in [0.25, 0.3) is 0 Å². The molecule has 2 unspecified atom stereocenters. The fourth-order valence-electron chi connectivity index (χ4n) is 4.61. The molecule has 0 saturated carbocycles. The van der Waals surface area contributed by atoms with Crippen LogP contribution < -0.4 is 9.47 Å². The Kier molecular flexibility index (Phi) is 8.09. The molecule has 3 rings (SSSR count). The molecule has 33 heavy (non-hydrogen) atoms. The van der Waals surface area contributed by atoms with E-state index in [1.54, 1.807) is 7.11 Å². The number of aliphatic hydroxyl groups is 1. The van der Waals surface area contributed by atoms with Crippen LogP contribution in [0.3, 0.4) is 0 Å². The number of epoxide rings is 1. The van der Waals surface area contributed by atoms with E-state index in [2.05, 4.69) is 55.4 Å². The molecule has 2 aromatic carbocycles. The third-order valence-corrected chi connectivity index (χ3v) is 7.37. The number of ether oxygens (including phenoxy) is 4. The highest BCUT2D eigenvalue weighted by atomic mass is 16.6. The van der Waals surface area contributed by atoms with Crippen LogP contribution in [0.5, 0.6) is 11.5 Å². The van der Waals surface area contributed by atoms with E-state index in [4.69, 9.17) is 18.9 Å². The topological polar surface area (TPSA) is 60.5 Å². The Balaban J connectivity index is 1.94. The fourth-order valence-corrected chi connectivity index (χ4v) is 4.61. The second-order valence-corrected chi connectivity index (χ2v) is 9.48. The molecular formula is C28H40O5. The molecule has 1 N–H and O–H groups in total. The molecule has 0 spiro atoms. The third-order valence-electron chi connectivity index (χ3n) is 7.37. The van der Waals surface area contributed by atoms with Crippen LogP contribution in [0.2, 0.25) is 0 Å². The summed E-state index contributed by atoms with van der Waals surface area (Å²) in [5.41, 5.74) is 12.5. The summed E-state index contributed by atoms with van der Waals surface area (Å²) in [5, 5.41) is 10.0. The van der Waals surface area contributed by atoms with Gasteiger partial charge in [-0.1, -0.05) is 0 Å². The van der Waals surface area contributed by atoms with Gasteiger partial charge in [0.25, 0.3) is 0 Å². The molecule has 5 nitrogen and oxygen atoms in total. The Bertz CT molecular complexity index is 962. The molecule has 0 aliphatic carbocycles. The number of hydrogen-bond acceptors (Lipinski definition) is 5. The highest BCUT2D eigenvalue weighted by Gasteiger charge is 2.25. The summed E-state index contributed by atoms with van der Waals surface area (Å²) in [6, 6.07) is 0. The molecule has 0 radical (unpaired) electrons. The number of hydrogen-bond donors (Lipinski definition) is 1. The van der Waals surface area contributed by atoms with Gasteiger partial charge in [-0.2, -0.15) is 0 Å². The summed E-state index contributed by atoms with van der Waals surface area (Å²) in [5.74, 6) is 1.87. The summed E-state index contributed by atoms with van der Waals surface area (Å²) in [4.78, 5) is 0. The van der Waals surface area contributed by atoms with Gasteiger partial charge in [0, 0.05) is 7.11 Å². The lowest BCUT2D eigenvalue weighted by Crippen LogP contribution is -2.23. The second-order valence-electron chi connectivity index (χ2n) is 9.48. The van der Waals surface area contributed by atoms with Crippen LogP contribution >= 0.6 is 0 Å². The zero-order valence-corrected chi connectivity index (χ0v) is 21.8. The lowest BCUT2D eigenvalue weighted by molar-refractivity contribution is 0.0322. The van der Waals surface area contributed by atoms with Crippen LogP contribution in [0, 0.1) is 55.4 Å². The first kappa shape index (κ1) is 25.5. The van der Waals surface area contributed by atoms with Crippen molar-refractivity contribution in [3.8, 4) is 11.5 Å². The van der Waals surface area contributed by atoms with Crippen LogP contribution in [-0.4, -0.2) is 50.9 Å². The van der Waals surface area contributed by atoms with Crippen molar-refractivity contribution < 1.29 is 24.1 Å². The summed E-state index contributed by atoms with van der Waals surface area (Å²) in [7, 11) is 1.58. The maximum atomic E-state index is 10.0. The summed E-state index contributed by atoms with van der Waals surface area (Å²) < 4.78 is 22.5. The minimum absolute atomic E-state index is 0.220. The number of rotatable bonds is 10. The van der Waals surface area contributed by atoms with Crippen molar-refractivity contribution in [2.24, 2.45) is 0 Å². The van der Waals surface area contributed by atoms with Gasteiger partial charge in [0.1, 0.15) is 36.9 Å². The molecule has 5 heteroatoms. The lowest BCUT2D eigenvalue weighted by atomic mass is 9.84. The quantitative estimate of drug-likeness (QED) is 0.515. The van der Waals surface area contributed by atoms with Crippen molar-refractivity contribution in [3.63, 3.8) is 0 Å². The lowest BCUT2D eigenvalue weighted by Gasteiger charge is -2.25. The number of methoxy groups -OCH3 is 1. The predicted octanol–water partition coefficient (Wildman–Crippen LogP) is 4.91. The van der Waals surface area contributed by atoms with E-state index in [1.165, 1.54) is 44.5 Å². The van der Waals surface area contributed by atoms with Gasteiger partial charge in [0.15, 0.2) is 0 Å². The van der Waals surface area contributed by atoms with Crippen molar-refractivity contribution in [1.82, 2.24) is 0 Å². The van der Waals surface area contributed by atoms with Crippen molar-refractivity contribution >= 4 is 0 Å². The van der Waals surface area contributed by atoms with Crippen LogP contribution in [-0.2, 0) is 15.9 Å². The van der Waals surface area contributed by atoms with Gasteiger partial charge < -0.3 is 24.1 Å². The molecule has 0 amide bonds. The first-order valence-corrected chi connectivity index (χ1v) is 11.8. The maximum Gasteiger partial charge on any atom is 0.125 e. The van der Waals surface area contributed by atoms with Crippen molar-refractivity contribution in [3.05, 3.63) is 55.6 Å². The van der Waals surface area contributed by atoms with Gasteiger partial charge in [-0.3, -0.25) is 0 Å². The first-order chi connectivity index (χ1) is 15.6. The van der Waals surface area contributed by atoms with E-state index >= 15 is 0 Å². The zero-order valence-electron chi connectivity index (χ0n) is 21.8. The van der Waals surface area contributed by atoms with Gasteiger partial charge in [0.2, 0.25) is 0 Å². The Morgan fingerprint density at radius 1 is 0.727 bits per heavy atom. The molecular weight excluding hydrogens is 416 g/mol. The van der Waals surface area contributed by atoms with E-state index < -0.39 is 6.10 Å². The average molecular weight is 457 g/mol.